The SMILES string of the molecule is CCC(CC)(C(=O)O)C(C)(C)C(=O)O. The normalized spacial score (nSPS) is 12.6. The average molecular weight is 202 g/mol. The molecule has 0 aromatic rings. The summed E-state index contributed by atoms with van der Waals surface area (Å²) in [4.78, 5) is 22.2. The summed E-state index contributed by atoms with van der Waals surface area (Å²) in [6, 6.07) is 0. The second-order valence-corrected chi connectivity index (χ2v) is 4.02. The van der Waals surface area contributed by atoms with Crippen LogP contribution in [-0.4, -0.2) is 22.2 Å². The van der Waals surface area contributed by atoms with Crippen LogP contribution in [0.15, 0.2) is 0 Å². The Bertz CT molecular complexity index is 239. The van der Waals surface area contributed by atoms with Crippen LogP contribution in [0, 0.1) is 10.8 Å². The first-order chi connectivity index (χ1) is 6.26. The Balaban J connectivity index is 5.39. The molecule has 0 saturated heterocycles. The second kappa shape index (κ2) is 3.98. The summed E-state index contributed by atoms with van der Waals surface area (Å²) >= 11 is 0. The highest BCUT2D eigenvalue weighted by Crippen LogP contribution is 2.45. The van der Waals surface area contributed by atoms with Gasteiger partial charge in [0.1, 0.15) is 0 Å². The molecule has 82 valence electrons. The van der Waals surface area contributed by atoms with E-state index in [-0.39, 0.29) is 0 Å². The van der Waals surface area contributed by atoms with Crippen molar-refractivity contribution in [1.29, 1.82) is 0 Å². The van der Waals surface area contributed by atoms with Gasteiger partial charge in [-0.25, -0.2) is 0 Å². The summed E-state index contributed by atoms with van der Waals surface area (Å²) < 4.78 is 0. The van der Waals surface area contributed by atoms with Crippen LogP contribution in [0.5, 0.6) is 0 Å². The Morgan fingerprint density at radius 3 is 1.43 bits per heavy atom. The Kier molecular flexibility index (Phi) is 3.68. The molecule has 0 rings (SSSR count). The molecule has 0 aliphatic carbocycles. The van der Waals surface area contributed by atoms with E-state index in [2.05, 4.69) is 0 Å². The molecule has 0 aromatic heterocycles. The Hall–Kier alpha value is -1.06. The Morgan fingerprint density at radius 2 is 1.36 bits per heavy atom. The van der Waals surface area contributed by atoms with E-state index in [4.69, 9.17) is 10.2 Å². The van der Waals surface area contributed by atoms with Crippen LogP contribution < -0.4 is 0 Å². The summed E-state index contributed by atoms with van der Waals surface area (Å²) in [6.45, 7) is 6.36. The number of hydrogen-bond acceptors (Lipinski definition) is 2. The van der Waals surface area contributed by atoms with Crippen molar-refractivity contribution in [3.05, 3.63) is 0 Å². The maximum absolute atomic E-state index is 11.2. The zero-order valence-corrected chi connectivity index (χ0v) is 9.13. The topological polar surface area (TPSA) is 74.6 Å². The minimum atomic E-state index is -1.25. The zero-order valence-electron chi connectivity index (χ0n) is 9.13. The van der Waals surface area contributed by atoms with Crippen molar-refractivity contribution in [2.24, 2.45) is 10.8 Å². The van der Waals surface area contributed by atoms with E-state index in [0.29, 0.717) is 12.8 Å². The molecular formula is C10H18O4. The summed E-state index contributed by atoms with van der Waals surface area (Å²) in [5, 5.41) is 18.2. The molecule has 14 heavy (non-hydrogen) atoms. The molecule has 0 aromatic carbocycles. The predicted molar refractivity (Wildman–Crippen MR) is 52.1 cm³/mol. The van der Waals surface area contributed by atoms with Crippen molar-refractivity contribution in [2.75, 3.05) is 0 Å². The van der Waals surface area contributed by atoms with Gasteiger partial charge in [-0.1, -0.05) is 13.8 Å². The van der Waals surface area contributed by atoms with E-state index >= 15 is 0 Å². The molecule has 2 N–H and O–H groups in total. The van der Waals surface area contributed by atoms with Crippen LogP contribution in [0.2, 0.25) is 0 Å². The van der Waals surface area contributed by atoms with Crippen LogP contribution in [0.3, 0.4) is 0 Å². The maximum atomic E-state index is 11.2. The zero-order chi connectivity index (χ0) is 11.6. The van der Waals surface area contributed by atoms with Gasteiger partial charge >= 0.3 is 11.9 Å². The standard InChI is InChI=1S/C10H18O4/c1-5-10(6-2,8(13)14)9(3,4)7(11)12/h5-6H2,1-4H3,(H,11,12)(H,13,14). The van der Waals surface area contributed by atoms with Gasteiger partial charge in [0.05, 0.1) is 10.8 Å². The first kappa shape index (κ1) is 12.9. The molecule has 4 heteroatoms. The number of carboxylic acids is 2. The van der Waals surface area contributed by atoms with Gasteiger partial charge in [0.2, 0.25) is 0 Å². The average Bonchev–Trinajstić information content (AvgIpc) is 2.05. The fraction of sp³-hybridized carbons (Fsp3) is 0.800. The molecule has 0 radical (unpaired) electrons. The fourth-order valence-electron chi connectivity index (χ4n) is 1.91. The lowest BCUT2D eigenvalue weighted by Gasteiger charge is -2.39. The fourth-order valence-corrected chi connectivity index (χ4v) is 1.91. The van der Waals surface area contributed by atoms with Crippen molar-refractivity contribution in [2.45, 2.75) is 40.5 Å². The van der Waals surface area contributed by atoms with Gasteiger partial charge in [0.25, 0.3) is 0 Å². The number of carboxylic acid groups (broad SMARTS) is 2. The van der Waals surface area contributed by atoms with E-state index in [9.17, 15) is 9.59 Å². The van der Waals surface area contributed by atoms with Crippen molar-refractivity contribution in [3.8, 4) is 0 Å². The minimum Gasteiger partial charge on any atom is -0.481 e. The summed E-state index contributed by atoms with van der Waals surface area (Å²) in [5.41, 5.74) is -2.43. The van der Waals surface area contributed by atoms with Gasteiger partial charge in [-0.2, -0.15) is 0 Å². The second-order valence-electron chi connectivity index (χ2n) is 4.02. The highest BCUT2D eigenvalue weighted by Gasteiger charge is 2.53. The Labute approximate surface area is 83.9 Å². The monoisotopic (exact) mass is 202 g/mol. The summed E-state index contributed by atoms with van der Waals surface area (Å²) in [7, 11) is 0. The third kappa shape index (κ3) is 1.61. The van der Waals surface area contributed by atoms with Crippen molar-refractivity contribution in [1.82, 2.24) is 0 Å². The van der Waals surface area contributed by atoms with Crippen molar-refractivity contribution in [3.63, 3.8) is 0 Å². The van der Waals surface area contributed by atoms with Gasteiger partial charge in [0, 0.05) is 0 Å². The highest BCUT2D eigenvalue weighted by molar-refractivity contribution is 5.85. The molecule has 0 aliphatic heterocycles. The number of carbonyl (C=O) groups is 2. The lowest BCUT2D eigenvalue weighted by Crippen LogP contribution is -2.48. The quantitative estimate of drug-likeness (QED) is 0.714. The predicted octanol–water partition coefficient (Wildman–Crippen LogP) is 1.99. The number of aliphatic carboxylic acids is 2. The molecule has 0 amide bonds. The van der Waals surface area contributed by atoms with Gasteiger partial charge in [0.15, 0.2) is 0 Å². The van der Waals surface area contributed by atoms with E-state index in [0.717, 1.165) is 0 Å². The van der Waals surface area contributed by atoms with Crippen LogP contribution in [0.25, 0.3) is 0 Å². The van der Waals surface area contributed by atoms with Crippen LogP contribution in [0.4, 0.5) is 0 Å². The first-order valence-electron chi connectivity index (χ1n) is 4.73. The lowest BCUT2D eigenvalue weighted by molar-refractivity contribution is -0.172. The van der Waals surface area contributed by atoms with E-state index < -0.39 is 22.8 Å². The Morgan fingerprint density at radius 1 is 1.00 bits per heavy atom. The summed E-state index contributed by atoms with van der Waals surface area (Å²) in [5.74, 6) is -2.10. The van der Waals surface area contributed by atoms with E-state index in [1.54, 1.807) is 13.8 Å². The number of rotatable bonds is 5. The van der Waals surface area contributed by atoms with E-state index in [1.165, 1.54) is 13.8 Å². The van der Waals surface area contributed by atoms with E-state index in [1.807, 2.05) is 0 Å². The maximum Gasteiger partial charge on any atom is 0.310 e. The molecule has 0 atom stereocenters. The van der Waals surface area contributed by atoms with Crippen molar-refractivity contribution >= 4 is 11.9 Å². The third-order valence-electron chi connectivity index (χ3n) is 3.35. The molecule has 0 heterocycles. The molecular weight excluding hydrogens is 184 g/mol. The molecule has 0 fully saturated rings. The van der Waals surface area contributed by atoms with Crippen molar-refractivity contribution < 1.29 is 19.8 Å². The molecule has 0 spiro atoms. The van der Waals surface area contributed by atoms with Crippen LogP contribution >= 0.6 is 0 Å². The van der Waals surface area contributed by atoms with Crippen LogP contribution in [-0.2, 0) is 9.59 Å². The molecule has 0 aliphatic rings. The van der Waals surface area contributed by atoms with Gasteiger partial charge in [-0.05, 0) is 26.7 Å². The molecule has 0 bridgehead atoms. The highest BCUT2D eigenvalue weighted by atomic mass is 16.4. The molecule has 4 nitrogen and oxygen atoms in total. The molecule has 0 saturated carbocycles. The summed E-state index contributed by atoms with van der Waals surface area (Å²) in [6.07, 6.45) is 0.635. The molecule has 0 unspecified atom stereocenters. The third-order valence-corrected chi connectivity index (χ3v) is 3.35. The lowest BCUT2D eigenvalue weighted by atomic mass is 9.62. The first-order valence-corrected chi connectivity index (χ1v) is 4.73. The van der Waals surface area contributed by atoms with Gasteiger partial charge < -0.3 is 10.2 Å². The largest absolute Gasteiger partial charge is 0.481 e. The number of hydrogen-bond donors (Lipinski definition) is 2. The smallest absolute Gasteiger partial charge is 0.310 e. The van der Waals surface area contributed by atoms with Gasteiger partial charge in [-0.15, -0.1) is 0 Å². The minimum absolute atomic E-state index is 0.318. The van der Waals surface area contributed by atoms with Gasteiger partial charge in [-0.3, -0.25) is 9.59 Å². The van der Waals surface area contributed by atoms with Crippen LogP contribution in [0.1, 0.15) is 40.5 Å².